The van der Waals surface area contributed by atoms with Crippen molar-refractivity contribution in [1.29, 1.82) is 0 Å². The lowest BCUT2D eigenvalue weighted by Crippen LogP contribution is -2.05. The summed E-state index contributed by atoms with van der Waals surface area (Å²) in [6.45, 7) is 0.752. The molecule has 1 heterocycles. The van der Waals surface area contributed by atoms with E-state index in [1.807, 2.05) is 12.1 Å². The van der Waals surface area contributed by atoms with Gasteiger partial charge in [0.05, 0.1) is 5.56 Å². The van der Waals surface area contributed by atoms with Gasteiger partial charge in [-0.3, -0.25) is 0 Å². The first kappa shape index (κ1) is 11.5. The third-order valence-electron chi connectivity index (χ3n) is 2.25. The first-order valence-corrected chi connectivity index (χ1v) is 5.96. The maximum Gasteiger partial charge on any atom is 0.335 e. The summed E-state index contributed by atoms with van der Waals surface area (Å²) in [6, 6.07) is 6.88. The minimum atomic E-state index is -0.900. The highest BCUT2D eigenvalue weighted by molar-refractivity contribution is 7.13. The summed E-state index contributed by atoms with van der Waals surface area (Å²) in [6.07, 6.45) is 0.819. The first-order chi connectivity index (χ1) is 8.25. The molecule has 2 N–H and O–H groups in total. The Morgan fingerprint density at radius 2 is 2.12 bits per heavy atom. The maximum absolute atomic E-state index is 10.7. The Hall–Kier alpha value is -1.95. The van der Waals surface area contributed by atoms with Crippen LogP contribution in [0, 0.1) is 0 Å². The van der Waals surface area contributed by atoms with Gasteiger partial charge in [-0.25, -0.2) is 4.79 Å². The molecule has 0 aliphatic carbocycles. The van der Waals surface area contributed by atoms with Gasteiger partial charge in [-0.1, -0.05) is 23.5 Å². The fourth-order valence-corrected chi connectivity index (χ4v) is 1.85. The van der Waals surface area contributed by atoms with Gasteiger partial charge in [0.2, 0.25) is 5.13 Å². The van der Waals surface area contributed by atoms with Crippen LogP contribution in [0.15, 0.2) is 29.8 Å². The Bertz CT molecular complexity index is 482. The number of nitrogens with one attached hydrogen (secondary N) is 1. The van der Waals surface area contributed by atoms with Crippen LogP contribution in [0.4, 0.5) is 5.13 Å². The molecule has 0 bridgehead atoms. The number of aromatic carboxylic acids is 1. The number of aromatic nitrogens is 2. The fourth-order valence-electron chi connectivity index (χ4n) is 1.38. The van der Waals surface area contributed by atoms with Crippen molar-refractivity contribution in [3.8, 4) is 0 Å². The van der Waals surface area contributed by atoms with Crippen molar-refractivity contribution in [2.45, 2.75) is 6.42 Å². The zero-order valence-corrected chi connectivity index (χ0v) is 9.78. The van der Waals surface area contributed by atoms with E-state index in [1.165, 1.54) is 11.3 Å². The molecule has 0 aliphatic rings. The van der Waals surface area contributed by atoms with Gasteiger partial charge in [-0.2, -0.15) is 0 Å². The second-order valence-electron chi connectivity index (χ2n) is 3.42. The van der Waals surface area contributed by atoms with E-state index in [4.69, 9.17) is 5.11 Å². The summed E-state index contributed by atoms with van der Waals surface area (Å²) in [5, 5.41) is 20.3. The molecule has 0 fully saturated rings. The summed E-state index contributed by atoms with van der Waals surface area (Å²) in [5.41, 5.74) is 3.07. The Morgan fingerprint density at radius 3 is 2.71 bits per heavy atom. The largest absolute Gasteiger partial charge is 0.478 e. The summed E-state index contributed by atoms with van der Waals surface area (Å²) in [4.78, 5) is 10.7. The van der Waals surface area contributed by atoms with Gasteiger partial charge in [0.25, 0.3) is 0 Å². The summed E-state index contributed by atoms with van der Waals surface area (Å²) < 4.78 is 0. The monoisotopic (exact) mass is 249 g/mol. The summed E-state index contributed by atoms with van der Waals surface area (Å²) in [7, 11) is 0. The average Bonchev–Trinajstić information content (AvgIpc) is 2.83. The average molecular weight is 249 g/mol. The third kappa shape index (κ3) is 3.25. The predicted molar refractivity (Wildman–Crippen MR) is 65.5 cm³/mol. The number of carboxylic acid groups (broad SMARTS) is 1. The first-order valence-electron chi connectivity index (χ1n) is 5.08. The van der Waals surface area contributed by atoms with Crippen molar-refractivity contribution in [3.63, 3.8) is 0 Å². The molecule has 0 saturated heterocycles. The van der Waals surface area contributed by atoms with Crippen LogP contribution < -0.4 is 5.32 Å². The molecule has 5 nitrogen and oxygen atoms in total. The maximum atomic E-state index is 10.7. The van der Waals surface area contributed by atoms with Crippen LogP contribution in [0.3, 0.4) is 0 Å². The van der Waals surface area contributed by atoms with Gasteiger partial charge in [-0.05, 0) is 24.1 Å². The molecule has 6 heteroatoms. The van der Waals surface area contributed by atoms with Crippen molar-refractivity contribution in [3.05, 3.63) is 40.9 Å². The third-order valence-corrected chi connectivity index (χ3v) is 2.90. The van der Waals surface area contributed by atoms with Crippen LogP contribution in [-0.2, 0) is 6.42 Å². The number of hydrogen-bond donors (Lipinski definition) is 2. The van der Waals surface area contributed by atoms with E-state index in [9.17, 15) is 4.79 Å². The summed E-state index contributed by atoms with van der Waals surface area (Å²) >= 11 is 1.45. The highest BCUT2D eigenvalue weighted by Gasteiger charge is 2.01. The Balaban J connectivity index is 1.85. The van der Waals surface area contributed by atoms with Gasteiger partial charge >= 0.3 is 5.97 Å². The van der Waals surface area contributed by atoms with E-state index < -0.39 is 5.97 Å². The van der Waals surface area contributed by atoms with Gasteiger partial charge in [0.15, 0.2) is 0 Å². The lowest BCUT2D eigenvalue weighted by atomic mass is 10.1. The van der Waals surface area contributed by atoms with Crippen LogP contribution in [0.25, 0.3) is 0 Å². The van der Waals surface area contributed by atoms with Crippen LogP contribution in [0.1, 0.15) is 15.9 Å². The minimum Gasteiger partial charge on any atom is -0.478 e. The molecule has 88 valence electrons. The quantitative estimate of drug-likeness (QED) is 0.846. The topological polar surface area (TPSA) is 75.1 Å². The minimum absolute atomic E-state index is 0.311. The molecule has 1 aromatic heterocycles. The number of benzene rings is 1. The molecular formula is C11H11N3O2S. The lowest BCUT2D eigenvalue weighted by molar-refractivity contribution is 0.0697. The van der Waals surface area contributed by atoms with E-state index in [-0.39, 0.29) is 0 Å². The van der Waals surface area contributed by atoms with Gasteiger partial charge in [0, 0.05) is 6.54 Å². The van der Waals surface area contributed by atoms with Crippen LogP contribution in [0.2, 0.25) is 0 Å². The molecular weight excluding hydrogens is 238 g/mol. The molecule has 2 aromatic rings. The number of carbonyl (C=O) groups is 1. The number of hydrogen-bond acceptors (Lipinski definition) is 5. The second-order valence-corrected chi connectivity index (χ2v) is 4.26. The highest BCUT2D eigenvalue weighted by atomic mass is 32.1. The van der Waals surface area contributed by atoms with E-state index in [0.717, 1.165) is 23.7 Å². The molecule has 0 aliphatic heterocycles. The van der Waals surface area contributed by atoms with E-state index in [1.54, 1.807) is 17.6 Å². The molecule has 0 unspecified atom stereocenters. The van der Waals surface area contributed by atoms with Gasteiger partial charge < -0.3 is 10.4 Å². The SMILES string of the molecule is O=C(O)c1ccc(CCNc2nncs2)cc1. The Kier molecular flexibility index (Phi) is 3.66. The van der Waals surface area contributed by atoms with E-state index >= 15 is 0 Å². The molecule has 0 amide bonds. The number of nitrogens with zero attached hydrogens (tertiary/aromatic N) is 2. The fraction of sp³-hybridized carbons (Fsp3) is 0.182. The molecule has 0 spiro atoms. The Morgan fingerprint density at radius 1 is 1.35 bits per heavy atom. The molecule has 1 aromatic carbocycles. The van der Waals surface area contributed by atoms with Crippen molar-refractivity contribution in [2.24, 2.45) is 0 Å². The second kappa shape index (κ2) is 5.40. The van der Waals surface area contributed by atoms with Crippen molar-refractivity contribution < 1.29 is 9.90 Å². The number of rotatable bonds is 5. The normalized spacial score (nSPS) is 10.1. The van der Waals surface area contributed by atoms with E-state index in [0.29, 0.717) is 5.56 Å². The molecule has 0 atom stereocenters. The van der Waals surface area contributed by atoms with Crippen LogP contribution in [-0.4, -0.2) is 27.8 Å². The molecule has 0 radical (unpaired) electrons. The Labute approximate surface area is 102 Å². The lowest BCUT2D eigenvalue weighted by Gasteiger charge is -2.03. The zero-order valence-electron chi connectivity index (χ0n) is 8.96. The van der Waals surface area contributed by atoms with Crippen LogP contribution >= 0.6 is 11.3 Å². The van der Waals surface area contributed by atoms with Crippen molar-refractivity contribution in [1.82, 2.24) is 10.2 Å². The number of anilines is 1. The van der Waals surface area contributed by atoms with Crippen molar-refractivity contribution in [2.75, 3.05) is 11.9 Å². The zero-order chi connectivity index (χ0) is 12.1. The molecule has 17 heavy (non-hydrogen) atoms. The predicted octanol–water partition coefficient (Wildman–Crippen LogP) is 1.89. The standard InChI is InChI=1S/C11H11N3O2S/c15-10(16)9-3-1-8(2-4-9)5-6-12-11-14-13-7-17-11/h1-4,7H,5-6H2,(H,12,14)(H,15,16). The molecule has 2 rings (SSSR count). The van der Waals surface area contributed by atoms with Gasteiger partial charge in [-0.15, -0.1) is 10.2 Å². The highest BCUT2D eigenvalue weighted by Crippen LogP contribution is 2.09. The number of carboxylic acids is 1. The summed E-state index contributed by atoms with van der Waals surface area (Å²) in [5.74, 6) is -0.900. The van der Waals surface area contributed by atoms with Crippen molar-refractivity contribution >= 4 is 22.4 Å². The molecule has 0 saturated carbocycles. The smallest absolute Gasteiger partial charge is 0.335 e. The van der Waals surface area contributed by atoms with E-state index in [2.05, 4.69) is 15.5 Å². The van der Waals surface area contributed by atoms with Crippen LogP contribution in [0.5, 0.6) is 0 Å². The van der Waals surface area contributed by atoms with Gasteiger partial charge in [0.1, 0.15) is 5.51 Å².